The third kappa shape index (κ3) is 4.88. The molecule has 0 atom stereocenters. The summed E-state index contributed by atoms with van der Waals surface area (Å²) in [5.41, 5.74) is 5.32. The van der Waals surface area contributed by atoms with Crippen molar-refractivity contribution in [3.8, 4) is 0 Å². The summed E-state index contributed by atoms with van der Waals surface area (Å²) in [6.45, 7) is 1.21. The van der Waals surface area contributed by atoms with Crippen LogP contribution in [-0.4, -0.2) is 75.9 Å². The zero-order valence-electron chi connectivity index (χ0n) is 9.00. The van der Waals surface area contributed by atoms with Gasteiger partial charge < -0.3 is 5.73 Å². The number of carbonyl (C=O) groups excluding carboxylic acids is 2. The summed E-state index contributed by atoms with van der Waals surface area (Å²) in [5.74, 6) is -1.10. The monoisotopic (exact) mass is 297 g/mol. The summed E-state index contributed by atoms with van der Waals surface area (Å²) < 4.78 is 31.0. The summed E-state index contributed by atoms with van der Waals surface area (Å²) in [5, 5.41) is 0. The Hall–Kier alpha value is -0.0936. The molecule has 0 radical (unpaired) electrons. The molecule has 0 heterocycles. The molecule has 1 aromatic rings. The van der Waals surface area contributed by atoms with E-state index in [0.29, 0.717) is 0 Å². The van der Waals surface area contributed by atoms with Gasteiger partial charge >= 0.3 is 51.4 Å². The predicted molar refractivity (Wildman–Crippen MR) is 67.4 cm³/mol. The van der Waals surface area contributed by atoms with Gasteiger partial charge in [-0.1, -0.05) is 0 Å². The van der Waals surface area contributed by atoms with Crippen molar-refractivity contribution in [2.75, 3.05) is 5.73 Å². The fourth-order valence-corrected chi connectivity index (χ4v) is 2.00. The van der Waals surface area contributed by atoms with Crippen molar-refractivity contribution < 1.29 is 22.6 Å². The average Bonchev–Trinajstić information content (AvgIpc) is 2.14. The summed E-state index contributed by atoms with van der Waals surface area (Å²) in [6.07, 6.45) is -0.439. The van der Waals surface area contributed by atoms with Crippen LogP contribution in [0.15, 0.2) is 23.1 Å². The Bertz CT molecular complexity index is 582. The van der Waals surface area contributed by atoms with Crippen molar-refractivity contribution in [2.24, 2.45) is 0 Å². The number of Topliss-reactive ketones (excluding diaryl/α,β-unsaturated/α-hetero) is 2. The molecule has 0 saturated heterocycles. The van der Waals surface area contributed by atoms with Gasteiger partial charge in [0, 0.05) is 11.3 Å². The van der Waals surface area contributed by atoms with Crippen LogP contribution in [0.25, 0.3) is 0 Å². The molecule has 3 N–H and O–H groups in total. The SMILES string of the molecule is CC(=O)CC(=O)c1cc(N)ccc1S(=O)(=O)O.[KH]. The second-order valence-electron chi connectivity index (χ2n) is 3.53. The number of nitrogen functional groups attached to an aromatic ring is 1. The van der Waals surface area contributed by atoms with Gasteiger partial charge in [-0.25, -0.2) is 0 Å². The van der Waals surface area contributed by atoms with Crippen molar-refractivity contribution in [1.29, 1.82) is 0 Å². The molecule has 18 heavy (non-hydrogen) atoms. The third-order valence-corrected chi connectivity index (χ3v) is 2.90. The quantitative estimate of drug-likeness (QED) is 0.266. The molecule has 0 fully saturated rings. The summed E-state index contributed by atoms with van der Waals surface area (Å²) in [7, 11) is -4.52. The molecule has 0 bridgehead atoms. The van der Waals surface area contributed by atoms with Gasteiger partial charge in [-0.15, -0.1) is 0 Å². The molecule has 94 valence electrons. The van der Waals surface area contributed by atoms with E-state index in [9.17, 15) is 18.0 Å². The third-order valence-electron chi connectivity index (χ3n) is 1.99. The number of ketones is 2. The minimum absolute atomic E-state index is 0. The number of carbonyl (C=O) groups is 2. The standard InChI is InChI=1S/C10H11NO5S.K.H/c1-6(12)4-9(13)8-5-7(11)2-3-10(8)17(14,15)16;;/h2-3,5H,4,11H2,1H3,(H,14,15,16);;. The van der Waals surface area contributed by atoms with Crippen LogP contribution in [0.5, 0.6) is 0 Å². The normalized spacial score (nSPS) is 10.6. The van der Waals surface area contributed by atoms with E-state index in [0.717, 1.165) is 12.1 Å². The molecule has 0 aliphatic rings. The van der Waals surface area contributed by atoms with Crippen molar-refractivity contribution in [2.45, 2.75) is 18.2 Å². The van der Waals surface area contributed by atoms with Crippen LogP contribution in [-0.2, 0) is 14.9 Å². The molecule has 0 amide bonds. The van der Waals surface area contributed by atoms with E-state index in [-0.39, 0.29) is 62.6 Å². The fraction of sp³-hybridized carbons (Fsp3) is 0.200. The van der Waals surface area contributed by atoms with Crippen LogP contribution in [0.3, 0.4) is 0 Å². The molecule has 1 aromatic carbocycles. The minimum atomic E-state index is -4.52. The Morgan fingerprint density at radius 1 is 1.33 bits per heavy atom. The second-order valence-corrected chi connectivity index (χ2v) is 4.92. The molecular formula is C10H12KNO5S. The molecule has 8 heteroatoms. The molecule has 0 aromatic heterocycles. The van der Waals surface area contributed by atoms with Gasteiger partial charge in [-0.3, -0.25) is 14.1 Å². The van der Waals surface area contributed by atoms with Gasteiger partial charge in [0.15, 0.2) is 5.78 Å². The Kier molecular flexibility index (Phi) is 6.86. The first-order valence-corrected chi connectivity index (χ1v) is 6.05. The predicted octanol–water partition coefficient (Wildman–Crippen LogP) is 0.0288. The van der Waals surface area contributed by atoms with E-state index in [1.165, 1.54) is 13.0 Å². The van der Waals surface area contributed by atoms with Crippen LogP contribution >= 0.6 is 0 Å². The molecule has 0 unspecified atom stereocenters. The maximum atomic E-state index is 11.6. The zero-order valence-corrected chi connectivity index (χ0v) is 9.82. The van der Waals surface area contributed by atoms with Gasteiger partial charge in [-0.2, -0.15) is 8.42 Å². The first kappa shape index (κ1) is 17.9. The van der Waals surface area contributed by atoms with Crippen LogP contribution in [0, 0.1) is 0 Å². The van der Waals surface area contributed by atoms with Gasteiger partial charge in [0.1, 0.15) is 10.7 Å². The number of benzene rings is 1. The molecule has 0 spiro atoms. The van der Waals surface area contributed by atoms with Gasteiger partial charge in [0.2, 0.25) is 0 Å². The summed E-state index contributed by atoms with van der Waals surface area (Å²) in [6, 6.07) is 3.39. The Balaban J connectivity index is 0.00000289. The molecular weight excluding hydrogens is 285 g/mol. The zero-order chi connectivity index (χ0) is 13.2. The van der Waals surface area contributed by atoms with E-state index in [4.69, 9.17) is 10.3 Å². The molecule has 1 rings (SSSR count). The first-order chi connectivity index (χ1) is 7.71. The summed E-state index contributed by atoms with van der Waals surface area (Å²) in [4.78, 5) is 21.9. The number of rotatable bonds is 4. The Morgan fingerprint density at radius 2 is 1.89 bits per heavy atom. The average molecular weight is 297 g/mol. The van der Waals surface area contributed by atoms with E-state index < -0.39 is 33.0 Å². The Morgan fingerprint density at radius 3 is 2.33 bits per heavy atom. The molecule has 0 saturated carbocycles. The van der Waals surface area contributed by atoms with Gasteiger partial charge in [0.05, 0.1) is 6.42 Å². The van der Waals surface area contributed by atoms with E-state index in [2.05, 4.69) is 0 Å². The Labute approximate surface area is 147 Å². The molecule has 0 aliphatic carbocycles. The fourth-order valence-electron chi connectivity index (χ4n) is 1.31. The van der Waals surface area contributed by atoms with Crippen molar-refractivity contribution in [1.82, 2.24) is 0 Å². The van der Waals surface area contributed by atoms with Crippen LogP contribution in [0.1, 0.15) is 23.7 Å². The van der Waals surface area contributed by atoms with Crippen molar-refractivity contribution in [3.63, 3.8) is 0 Å². The van der Waals surface area contributed by atoms with Gasteiger partial charge in [0.25, 0.3) is 10.1 Å². The maximum absolute atomic E-state index is 11.6. The topological polar surface area (TPSA) is 115 Å². The van der Waals surface area contributed by atoms with E-state index in [1.54, 1.807) is 0 Å². The summed E-state index contributed by atoms with van der Waals surface area (Å²) >= 11 is 0. The number of hydrogen-bond acceptors (Lipinski definition) is 5. The molecule has 0 aliphatic heterocycles. The van der Waals surface area contributed by atoms with E-state index >= 15 is 0 Å². The van der Waals surface area contributed by atoms with Crippen LogP contribution in [0.2, 0.25) is 0 Å². The van der Waals surface area contributed by atoms with E-state index in [1.807, 2.05) is 0 Å². The van der Waals surface area contributed by atoms with Crippen LogP contribution < -0.4 is 5.73 Å². The number of hydrogen-bond donors (Lipinski definition) is 2. The number of nitrogens with two attached hydrogens (primary N) is 1. The first-order valence-electron chi connectivity index (χ1n) is 4.61. The number of anilines is 1. The van der Waals surface area contributed by atoms with Crippen molar-refractivity contribution >= 4 is 78.8 Å². The molecule has 6 nitrogen and oxygen atoms in total. The van der Waals surface area contributed by atoms with Crippen LogP contribution in [0.4, 0.5) is 5.69 Å². The second kappa shape index (κ2) is 6.90. The van der Waals surface area contributed by atoms with Gasteiger partial charge in [-0.05, 0) is 25.1 Å². The van der Waals surface area contributed by atoms with Crippen molar-refractivity contribution in [3.05, 3.63) is 23.8 Å².